The molecule has 6 N–H and O–H groups in total. The maximum atomic E-state index is 11.7. The Hall–Kier alpha value is -0.570. The van der Waals surface area contributed by atoms with Gasteiger partial charge in [-0.05, 0) is 20.8 Å². The summed E-state index contributed by atoms with van der Waals surface area (Å²) in [4.78, 5) is 34.7. The van der Waals surface area contributed by atoms with Crippen LogP contribution in [0.3, 0.4) is 0 Å². The van der Waals surface area contributed by atoms with Crippen molar-refractivity contribution in [3.8, 4) is 0 Å². The van der Waals surface area contributed by atoms with Crippen molar-refractivity contribution < 1.29 is 30.6 Å². The first-order valence-electron chi connectivity index (χ1n) is 7.24. The Labute approximate surface area is 139 Å². The molecule has 0 fully saturated rings. The van der Waals surface area contributed by atoms with Crippen molar-refractivity contribution in [2.75, 3.05) is 11.5 Å². The average molecular weight is 353 g/mol. The lowest BCUT2D eigenvalue weighted by atomic mass is 10.1. The van der Waals surface area contributed by atoms with Crippen LogP contribution in [0.15, 0.2) is 0 Å². The maximum absolute atomic E-state index is 11.7. The van der Waals surface area contributed by atoms with E-state index < -0.39 is 17.7 Å². The van der Waals surface area contributed by atoms with Crippen LogP contribution in [-0.2, 0) is 19.1 Å². The van der Waals surface area contributed by atoms with Crippen molar-refractivity contribution >= 4 is 39.1 Å². The first kappa shape index (κ1) is 21.4. The number of ether oxygens (including phenoxy) is 1. The molecule has 2 atom stereocenters. The summed E-state index contributed by atoms with van der Waals surface area (Å²) >= 11 is 0. The molecule has 8 heteroatoms. The molecule has 0 radical (unpaired) electrons. The fourth-order valence-corrected chi connectivity index (χ4v) is 3.68. The molecule has 0 aromatic heterocycles. The van der Waals surface area contributed by atoms with Gasteiger partial charge in [-0.2, -0.15) is 0 Å². The highest BCUT2D eigenvalue weighted by Crippen LogP contribution is 2.22. The Bertz CT molecular complexity index is 397. The maximum Gasteiger partial charge on any atom is 0.366 e. The minimum absolute atomic E-state index is 0.0360. The number of Topliss-reactive ketones (excluding diaryl/α,β-unsaturated/α-hetero) is 2. The van der Waals surface area contributed by atoms with Crippen LogP contribution in [0.4, 0.5) is 0 Å². The van der Waals surface area contributed by atoms with E-state index in [1.807, 2.05) is 20.8 Å². The number of esters is 1. The molecule has 0 saturated heterocycles. The molecule has 0 aromatic rings. The highest BCUT2D eigenvalue weighted by atomic mass is 33.1. The van der Waals surface area contributed by atoms with Crippen molar-refractivity contribution in [1.82, 2.24) is 0 Å². The van der Waals surface area contributed by atoms with Gasteiger partial charge < -0.3 is 16.2 Å². The molecule has 128 valence electrons. The molecule has 6 nitrogen and oxygen atoms in total. The molecule has 0 rings (SSSR count). The van der Waals surface area contributed by atoms with Crippen molar-refractivity contribution in [2.24, 2.45) is 0 Å². The van der Waals surface area contributed by atoms with Crippen molar-refractivity contribution in [2.45, 2.75) is 58.2 Å². The molecule has 22 heavy (non-hydrogen) atoms. The highest BCUT2D eigenvalue weighted by Gasteiger charge is 2.25. The summed E-state index contributed by atoms with van der Waals surface area (Å²) < 4.78 is 5.24. The summed E-state index contributed by atoms with van der Waals surface area (Å²) in [5.74, 6) is 0.518. The predicted molar refractivity (Wildman–Crippen MR) is 89.0 cm³/mol. The summed E-state index contributed by atoms with van der Waals surface area (Å²) in [5.41, 5.74) is 7.06. The molecule has 0 bridgehead atoms. The van der Waals surface area contributed by atoms with E-state index in [-0.39, 0.29) is 24.0 Å². The zero-order valence-electron chi connectivity index (χ0n) is 13.8. The van der Waals surface area contributed by atoms with Crippen molar-refractivity contribution in [3.05, 3.63) is 0 Å². The molecule has 0 unspecified atom stereocenters. The van der Waals surface area contributed by atoms with E-state index in [9.17, 15) is 14.4 Å². The number of carbonyl (C=O) groups excluding carboxylic acids is 3. The number of quaternary nitrogens is 2. The van der Waals surface area contributed by atoms with E-state index in [1.54, 1.807) is 6.92 Å². The minimum Gasteiger partial charge on any atom is -0.456 e. The zero-order valence-corrected chi connectivity index (χ0v) is 15.5. The summed E-state index contributed by atoms with van der Waals surface area (Å²) in [7, 11) is 2.92. The lowest BCUT2D eigenvalue weighted by molar-refractivity contribution is -0.402. The summed E-state index contributed by atoms with van der Waals surface area (Å²) in [6.45, 7) is 7.19. The fourth-order valence-electron chi connectivity index (χ4n) is 1.27. The number of hydrogen-bond donors (Lipinski definition) is 2. The van der Waals surface area contributed by atoms with Crippen molar-refractivity contribution in [3.63, 3.8) is 0 Å². The topological polar surface area (TPSA) is 116 Å². The zero-order chi connectivity index (χ0) is 17.3. The first-order valence-corrected chi connectivity index (χ1v) is 9.73. The number of hydrogen-bond acceptors (Lipinski definition) is 6. The molecule has 0 aliphatic carbocycles. The van der Waals surface area contributed by atoms with Crippen LogP contribution in [0.2, 0.25) is 0 Å². The van der Waals surface area contributed by atoms with Gasteiger partial charge in [0.2, 0.25) is 0 Å². The van der Waals surface area contributed by atoms with Crippen LogP contribution in [0.25, 0.3) is 0 Å². The fraction of sp³-hybridized carbons (Fsp3) is 0.786. The van der Waals surface area contributed by atoms with E-state index in [4.69, 9.17) is 4.74 Å². The van der Waals surface area contributed by atoms with E-state index in [1.165, 1.54) is 21.6 Å². The normalized spacial score (nSPS) is 14.3. The van der Waals surface area contributed by atoms with E-state index in [2.05, 4.69) is 11.5 Å². The molecule has 0 amide bonds. The Kier molecular flexibility index (Phi) is 9.99. The molecule has 0 saturated carbocycles. The molecule has 0 aliphatic rings. The Balaban J connectivity index is 3.94. The van der Waals surface area contributed by atoms with Crippen LogP contribution < -0.4 is 11.5 Å². The minimum atomic E-state index is -0.512. The second kappa shape index (κ2) is 10.3. The first-order chi connectivity index (χ1) is 10.1. The van der Waals surface area contributed by atoms with Gasteiger partial charge in [0, 0.05) is 6.42 Å². The quantitative estimate of drug-likeness (QED) is 0.245. The molecule has 0 heterocycles. The van der Waals surface area contributed by atoms with Crippen molar-refractivity contribution in [1.29, 1.82) is 0 Å². The Morgan fingerprint density at radius 2 is 1.55 bits per heavy atom. The summed E-state index contributed by atoms with van der Waals surface area (Å²) in [6.07, 6.45) is 0.338. The SMILES string of the molecule is CCC(=O)CC(=O)[C@@H]([NH3+])CSSC[C@H]([NH3+])C(=O)OC(C)(C)C. The largest absolute Gasteiger partial charge is 0.456 e. The second-order valence-electron chi connectivity index (χ2n) is 6.03. The third-order valence-electron chi connectivity index (χ3n) is 2.58. The Morgan fingerprint density at radius 3 is 2.00 bits per heavy atom. The van der Waals surface area contributed by atoms with Crippen LogP contribution in [0.1, 0.15) is 40.5 Å². The highest BCUT2D eigenvalue weighted by molar-refractivity contribution is 8.76. The number of carbonyl (C=O) groups is 3. The number of rotatable bonds is 10. The molecular formula is C14H28N2O4S2+2. The lowest BCUT2D eigenvalue weighted by Gasteiger charge is -2.20. The molecule has 0 spiro atoms. The van der Waals surface area contributed by atoms with Gasteiger partial charge in [-0.1, -0.05) is 28.5 Å². The van der Waals surface area contributed by atoms with Crippen LogP contribution >= 0.6 is 21.6 Å². The van der Waals surface area contributed by atoms with E-state index in [0.29, 0.717) is 17.9 Å². The van der Waals surface area contributed by atoms with Crippen LogP contribution in [0.5, 0.6) is 0 Å². The third-order valence-corrected chi connectivity index (χ3v) is 5.14. The van der Waals surface area contributed by atoms with E-state index in [0.717, 1.165) is 0 Å². The van der Waals surface area contributed by atoms with Gasteiger partial charge in [0.15, 0.2) is 17.9 Å². The predicted octanol–water partition coefficient (Wildman–Crippen LogP) is -0.131. The Morgan fingerprint density at radius 1 is 1.05 bits per heavy atom. The lowest BCUT2D eigenvalue weighted by Crippen LogP contribution is -2.67. The van der Waals surface area contributed by atoms with Gasteiger partial charge in [-0.3, -0.25) is 9.59 Å². The standard InChI is InChI=1S/C14H26N2O4S2/c1-5-9(17)6-12(18)10(15)7-21-22-8-11(16)13(19)20-14(2,3)4/h10-11H,5-8,15-16H2,1-4H3/p+2/t10-,11-/m0/s1. The smallest absolute Gasteiger partial charge is 0.366 e. The monoisotopic (exact) mass is 352 g/mol. The van der Waals surface area contributed by atoms with Crippen LogP contribution in [-0.4, -0.2) is 46.7 Å². The van der Waals surface area contributed by atoms with Gasteiger partial charge in [-0.25, -0.2) is 4.79 Å². The van der Waals surface area contributed by atoms with Gasteiger partial charge in [0.05, 0.1) is 17.9 Å². The van der Waals surface area contributed by atoms with Gasteiger partial charge in [0.1, 0.15) is 11.4 Å². The molecule has 0 aliphatic heterocycles. The number of ketones is 2. The molecule has 0 aromatic carbocycles. The van der Waals surface area contributed by atoms with Gasteiger partial charge in [-0.15, -0.1) is 0 Å². The third kappa shape index (κ3) is 10.2. The molecular weight excluding hydrogens is 324 g/mol. The summed E-state index contributed by atoms with van der Waals surface area (Å²) in [5, 5.41) is 0. The van der Waals surface area contributed by atoms with Gasteiger partial charge >= 0.3 is 5.97 Å². The van der Waals surface area contributed by atoms with E-state index >= 15 is 0 Å². The van der Waals surface area contributed by atoms with Gasteiger partial charge in [0.25, 0.3) is 0 Å². The van der Waals surface area contributed by atoms with Crippen LogP contribution in [0, 0.1) is 0 Å². The average Bonchev–Trinajstić information content (AvgIpc) is 2.40. The second-order valence-corrected chi connectivity index (χ2v) is 8.58. The summed E-state index contributed by atoms with van der Waals surface area (Å²) in [6, 6.07) is -0.852.